The van der Waals surface area contributed by atoms with E-state index in [1.807, 2.05) is 36.2 Å². The molecule has 0 fully saturated rings. The number of hydrogen-bond acceptors (Lipinski definition) is 2. The molecule has 1 aromatic carbocycles. The monoisotopic (exact) mass is 305 g/mol. The molecule has 0 amide bonds. The molecule has 3 heteroatoms. The number of halogens is 1. The van der Waals surface area contributed by atoms with Gasteiger partial charge in [-0.3, -0.25) is 0 Å². The van der Waals surface area contributed by atoms with Gasteiger partial charge < -0.3 is 0 Å². The largest absolute Gasteiger partial charge is 0.250 e. The topological polar surface area (TPSA) is 12.9 Å². The summed E-state index contributed by atoms with van der Waals surface area (Å²) in [7, 11) is 0. The maximum Gasteiger partial charge on any atom is 0.0995 e. The maximum atomic E-state index is 5.93. The lowest BCUT2D eigenvalue weighted by molar-refractivity contribution is 0.778. The van der Waals surface area contributed by atoms with Crippen molar-refractivity contribution in [2.24, 2.45) is 0 Å². The van der Waals surface area contributed by atoms with Gasteiger partial charge in [0.25, 0.3) is 0 Å². The second-order valence-corrected chi connectivity index (χ2v) is 6.35. The van der Waals surface area contributed by atoms with Gasteiger partial charge >= 0.3 is 0 Å². The van der Waals surface area contributed by atoms with Crippen LogP contribution in [-0.4, -0.2) is 10.7 Å². The van der Waals surface area contributed by atoms with E-state index in [2.05, 4.69) is 30.1 Å². The Labute approximate surface area is 130 Å². The van der Waals surface area contributed by atoms with Gasteiger partial charge in [-0.05, 0) is 41.5 Å². The number of nitrogens with zero attached hydrogens (tertiary/aromatic N) is 1. The summed E-state index contributed by atoms with van der Waals surface area (Å²) in [6, 6.07) is 12.2. The molecular weight excluding hydrogens is 286 g/mol. The number of rotatable bonds is 7. The molecule has 0 aliphatic rings. The third kappa shape index (κ3) is 4.84. The zero-order valence-corrected chi connectivity index (χ0v) is 13.4. The van der Waals surface area contributed by atoms with Crippen LogP contribution in [0.2, 0.25) is 5.02 Å². The molecule has 0 atom stereocenters. The van der Waals surface area contributed by atoms with Crippen molar-refractivity contribution < 1.29 is 0 Å². The zero-order chi connectivity index (χ0) is 14.2. The molecule has 0 unspecified atom stereocenters. The Kier molecular flexibility index (Phi) is 6.41. The van der Waals surface area contributed by atoms with Gasteiger partial charge in [-0.2, -0.15) is 0 Å². The first kappa shape index (κ1) is 15.4. The van der Waals surface area contributed by atoms with Crippen LogP contribution in [0.4, 0.5) is 0 Å². The molecule has 106 valence electrons. The number of thioether (sulfide) groups is 1. The Balaban J connectivity index is 2.01. The second-order valence-electron chi connectivity index (χ2n) is 4.83. The third-order valence-corrected chi connectivity index (χ3v) is 4.53. The number of unbranched alkanes of at least 4 members (excludes halogenated alkanes) is 2. The summed E-state index contributed by atoms with van der Waals surface area (Å²) in [5, 5.41) is 1.95. The van der Waals surface area contributed by atoms with E-state index in [-0.39, 0.29) is 0 Å². The molecule has 20 heavy (non-hydrogen) atoms. The van der Waals surface area contributed by atoms with Crippen LogP contribution in [0.25, 0.3) is 0 Å². The van der Waals surface area contributed by atoms with Crippen LogP contribution in [0, 0.1) is 0 Å². The van der Waals surface area contributed by atoms with Crippen LogP contribution in [-0.2, 0) is 6.42 Å². The van der Waals surface area contributed by atoms with Crippen LogP contribution in [0.1, 0.15) is 37.3 Å². The highest BCUT2D eigenvalue weighted by molar-refractivity contribution is 7.99. The number of benzene rings is 1. The molecule has 2 rings (SSSR count). The minimum Gasteiger partial charge on any atom is -0.250 e. The summed E-state index contributed by atoms with van der Waals surface area (Å²) in [4.78, 5) is 4.53. The van der Waals surface area contributed by atoms with Gasteiger partial charge in [0.2, 0.25) is 0 Å². The van der Waals surface area contributed by atoms with Crippen LogP contribution >= 0.6 is 23.4 Å². The van der Waals surface area contributed by atoms with Crippen molar-refractivity contribution in [3.05, 3.63) is 58.7 Å². The normalized spacial score (nSPS) is 10.7. The first-order valence-electron chi connectivity index (χ1n) is 7.10. The summed E-state index contributed by atoms with van der Waals surface area (Å²) < 4.78 is 0. The van der Waals surface area contributed by atoms with Gasteiger partial charge in [-0.1, -0.05) is 49.6 Å². The highest BCUT2D eigenvalue weighted by Crippen LogP contribution is 2.24. The Bertz CT molecular complexity index is 525. The molecule has 0 saturated heterocycles. The summed E-state index contributed by atoms with van der Waals surface area (Å²) in [5.41, 5.74) is 2.58. The molecule has 0 radical (unpaired) electrons. The first-order valence-corrected chi connectivity index (χ1v) is 8.47. The first-order chi connectivity index (χ1) is 9.79. The Morgan fingerprint density at radius 1 is 1.10 bits per heavy atom. The molecule has 0 N–H and O–H groups in total. The molecular formula is C17H20ClNS. The average Bonchev–Trinajstić information content (AvgIpc) is 2.47. The smallest absolute Gasteiger partial charge is 0.0995 e. The van der Waals surface area contributed by atoms with Crippen LogP contribution in [0.15, 0.2) is 47.6 Å². The molecule has 1 nitrogen and oxygen atoms in total. The molecule has 0 aliphatic carbocycles. The second kappa shape index (κ2) is 8.33. The Morgan fingerprint density at radius 2 is 1.90 bits per heavy atom. The minimum absolute atomic E-state index is 0.786. The molecule has 0 bridgehead atoms. The molecule has 0 saturated carbocycles. The summed E-state index contributed by atoms with van der Waals surface area (Å²) >= 11 is 7.80. The molecule has 0 aliphatic heterocycles. The van der Waals surface area contributed by atoms with Crippen molar-refractivity contribution in [1.82, 2.24) is 4.98 Å². The van der Waals surface area contributed by atoms with E-state index in [1.54, 1.807) is 0 Å². The Hall–Kier alpha value is -0.990. The van der Waals surface area contributed by atoms with Crippen molar-refractivity contribution in [2.45, 2.75) is 37.6 Å². The molecule has 1 aromatic heterocycles. The van der Waals surface area contributed by atoms with E-state index in [4.69, 9.17) is 11.6 Å². The van der Waals surface area contributed by atoms with E-state index in [0.29, 0.717) is 0 Å². The fraction of sp³-hybridized carbons (Fsp3) is 0.353. The molecule has 0 spiro atoms. The van der Waals surface area contributed by atoms with E-state index >= 15 is 0 Å². The maximum absolute atomic E-state index is 5.93. The SMILES string of the molecule is CCCCCSc1ncccc1Cc1ccc(Cl)cc1. The van der Waals surface area contributed by atoms with Gasteiger partial charge in [0.05, 0.1) is 5.03 Å². The van der Waals surface area contributed by atoms with E-state index < -0.39 is 0 Å². The van der Waals surface area contributed by atoms with Crippen molar-refractivity contribution in [3.63, 3.8) is 0 Å². The van der Waals surface area contributed by atoms with Gasteiger partial charge in [-0.25, -0.2) is 4.98 Å². The summed E-state index contributed by atoms with van der Waals surface area (Å²) in [6.07, 6.45) is 6.62. The Morgan fingerprint density at radius 3 is 2.65 bits per heavy atom. The lowest BCUT2D eigenvalue weighted by Gasteiger charge is -2.08. The highest BCUT2D eigenvalue weighted by atomic mass is 35.5. The van der Waals surface area contributed by atoms with Gasteiger partial charge in [0.15, 0.2) is 0 Å². The standard InChI is InChI=1S/C17H20ClNS/c1-2-3-4-12-20-17-15(6-5-11-19-17)13-14-7-9-16(18)10-8-14/h5-11H,2-4,12-13H2,1H3. The number of pyridine rings is 1. The van der Waals surface area contributed by atoms with Crippen molar-refractivity contribution in [2.75, 3.05) is 5.75 Å². The van der Waals surface area contributed by atoms with Gasteiger partial charge in [0, 0.05) is 17.6 Å². The van der Waals surface area contributed by atoms with Crippen molar-refractivity contribution in [1.29, 1.82) is 0 Å². The molecule has 1 heterocycles. The van der Waals surface area contributed by atoms with Gasteiger partial charge in [-0.15, -0.1) is 11.8 Å². The zero-order valence-electron chi connectivity index (χ0n) is 11.8. The van der Waals surface area contributed by atoms with Crippen LogP contribution < -0.4 is 0 Å². The summed E-state index contributed by atoms with van der Waals surface area (Å²) in [6.45, 7) is 2.23. The van der Waals surface area contributed by atoms with E-state index in [1.165, 1.54) is 35.4 Å². The third-order valence-electron chi connectivity index (χ3n) is 3.14. The average molecular weight is 306 g/mol. The fourth-order valence-electron chi connectivity index (χ4n) is 2.03. The number of hydrogen-bond donors (Lipinski definition) is 0. The highest BCUT2D eigenvalue weighted by Gasteiger charge is 2.05. The molecule has 2 aromatic rings. The van der Waals surface area contributed by atoms with Gasteiger partial charge in [0.1, 0.15) is 0 Å². The van der Waals surface area contributed by atoms with Crippen LogP contribution in [0.3, 0.4) is 0 Å². The fourth-order valence-corrected chi connectivity index (χ4v) is 3.16. The van der Waals surface area contributed by atoms with E-state index in [0.717, 1.165) is 17.2 Å². The number of aromatic nitrogens is 1. The van der Waals surface area contributed by atoms with E-state index in [9.17, 15) is 0 Å². The quantitative estimate of drug-likeness (QED) is 0.487. The minimum atomic E-state index is 0.786. The predicted molar refractivity (Wildman–Crippen MR) is 88.7 cm³/mol. The van der Waals surface area contributed by atoms with Crippen molar-refractivity contribution >= 4 is 23.4 Å². The van der Waals surface area contributed by atoms with Crippen molar-refractivity contribution in [3.8, 4) is 0 Å². The lowest BCUT2D eigenvalue weighted by Crippen LogP contribution is -1.94. The predicted octanol–water partition coefficient (Wildman–Crippen LogP) is 5.61. The summed E-state index contributed by atoms with van der Waals surface area (Å²) in [5.74, 6) is 1.15. The lowest BCUT2D eigenvalue weighted by atomic mass is 10.1. The van der Waals surface area contributed by atoms with Crippen LogP contribution in [0.5, 0.6) is 0 Å².